The number of hydrogen-bond donors (Lipinski definition) is 0. The highest BCUT2D eigenvalue weighted by Gasteiger charge is 2.55. The number of benzene rings is 1. The first-order chi connectivity index (χ1) is 27.6. The number of esters is 1. The van der Waals surface area contributed by atoms with Gasteiger partial charge in [0.2, 0.25) is 25.0 Å². The highest BCUT2D eigenvalue weighted by molar-refractivity contribution is 6.78. The van der Waals surface area contributed by atoms with Crippen molar-refractivity contribution in [3.8, 4) is 0 Å². The van der Waals surface area contributed by atoms with Crippen LogP contribution in [0.5, 0.6) is 0 Å². The zero-order valence-corrected chi connectivity index (χ0v) is 45.0. The van der Waals surface area contributed by atoms with Crippen molar-refractivity contribution in [3.63, 3.8) is 0 Å². The number of ether oxygens (including phenoxy) is 1. The molecule has 59 heavy (non-hydrogen) atoms. The molecule has 0 N–H and O–H groups in total. The molecule has 342 valence electrons. The van der Waals surface area contributed by atoms with Crippen LogP contribution >= 0.6 is 0 Å². The second-order valence-electron chi connectivity index (χ2n) is 21.3. The Labute approximate surface area is 369 Å². The zero-order chi connectivity index (χ0) is 44.9. The first-order valence-electron chi connectivity index (χ1n) is 24.3. The summed E-state index contributed by atoms with van der Waals surface area (Å²) in [6, 6.07) is 11.1. The van der Waals surface area contributed by atoms with E-state index in [9.17, 15) is 4.79 Å². The monoisotopic (exact) mass is 873 g/mol. The van der Waals surface area contributed by atoms with E-state index < -0.39 is 25.0 Å². The molecular weight excluding hydrogens is 777 g/mol. The van der Waals surface area contributed by atoms with Gasteiger partial charge in [-0.25, -0.2) is 0 Å². The van der Waals surface area contributed by atoms with Gasteiger partial charge in [-0.3, -0.25) is 4.79 Å². The van der Waals surface area contributed by atoms with Gasteiger partial charge in [0.15, 0.2) is 0 Å². The van der Waals surface area contributed by atoms with E-state index in [2.05, 4.69) is 167 Å². The Morgan fingerprint density at radius 3 is 1.47 bits per heavy atom. The van der Waals surface area contributed by atoms with E-state index in [1.807, 2.05) is 0 Å². The smallest absolute Gasteiger partial charge is 0.305 e. The molecule has 2 rings (SSSR count). The lowest BCUT2D eigenvalue weighted by atomic mass is 9.85. The summed E-state index contributed by atoms with van der Waals surface area (Å²) in [7, 11) is -5.06. The molecular formula is C51H96O5Si3. The molecule has 0 aliphatic heterocycles. The molecule has 0 radical (unpaired) electrons. The average Bonchev–Trinajstić information content (AvgIpc) is 3.47. The summed E-state index contributed by atoms with van der Waals surface area (Å²) in [5.41, 5.74) is 6.11. The molecule has 1 aromatic carbocycles. The maximum atomic E-state index is 11.9. The second-order valence-corrected chi connectivity index (χ2v) is 37.6. The molecule has 0 spiro atoms. The lowest BCUT2D eigenvalue weighted by Crippen LogP contribution is -2.51. The maximum Gasteiger partial charge on any atom is 0.305 e. The van der Waals surface area contributed by atoms with Gasteiger partial charge in [-0.1, -0.05) is 167 Å². The first kappa shape index (κ1) is 54.1. The van der Waals surface area contributed by atoms with Crippen LogP contribution in [0.4, 0.5) is 0 Å². The SMILES string of the molecule is COC(=O)CCCC=CC[C@@H]1[C@@H](CC[C@H](CCc2ccccc2)O[Si](C(C)C)(C(C)C)C(C)C)[C@H](O[Si](C(C)C)(C(C)C)C(C)C)C[C@H]1O[Si](C(C)C)(C(C)C)C(C)C. The molecule has 0 amide bonds. The van der Waals surface area contributed by atoms with E-state index in [1.54, 1.807) is 0 Å². The first-order valence-corrected chi connectivity index (χ1v) is 30.8. The number of allylic oxidation sites excluding steroid dienone is 2. The molecule has 1 aliphatic rings. The predicted octanol–water partition coefficient (Wildman–Crippen LogP) is 16.0. The standard InChI is InChI=1S/C51H96O5Si3/c1-36(2)57(37(3)4,38(5)6)54-46(32-31-45-27-23-22-24-28-45)33-34-48-47(29-25-20-21-26-30-51(52)53-19)49(55-58(39(7)8,40(9)10)41(11)12)35-50(48)56-59(42(13)14,43(15)16)44(17)18/h20,22-25,27-28,36-44,46-50H,21,26,29-35H2,1-19H3/t46-,47+,48+,49+,50+/m0/s1. The van der Waals surface area contributed by atoms with Gasteiger partial charge in [-0.15, -0.1) is 0 Å². The van der Waals surface area contributed by atoms with Gasteiger partial charge in [-0.05, 0) is 119 Å². The van der Waals surface area contributed by atoms with Gasteiger partial charge in [0, 0.05) is 12.5 Å². The third kappa shape index (κ3) is 13.5. The zero-order valence-electron chi connectivity index (χ0n) is 42.0. The molecule has 1 fully saturated rings. The van der Waals surface area contributed by atoms with Crippen molar-refractivity contribution < 1.29 is 22.8 Å². The third-order valence-electron chi connectivity index (χ3n) is 15.1. The summed E-state index contributed by atoms with van der Waals surface area (Å²) in [4.78, 5) is 11.9. The summed E-state index contributed by atoms with van der Waals surface area (Å²) < 4.78 is 28.6. The van der Waals surface area contributed by atoms with Gasteiger partial charge >= 0.3 is 5.97 Å². The van der Waals surface area contributed by atoms with Crippen molar-refractivity contribution in [1.82, 2.24) is 0 Å². The van der Waals surface area contributed by atoms with Gasteiger partial charge in [0.05, 0.1) is 19.3 Å². The fourth-order valence-corrected chi connectivity index (χ4v) is 29.5. The van der Waals surface area contributed by atoms with Gasteiger partial charge in [0.1, 0.15) is 0 Å². The van der Waals surface area contributed by atoms with E-state index in [0.29, 0.717) is 68.1 Å². The largest absolute Gasteiger partial charge is 0.469 e. The van der Waals surface area contributed by atoms with E-state index in [-0.39, 0.29) is 24.3 Å². The van der Waals surface area contributed by atoms with Crippen molar-refractivity contribution >= 4 is 30.9 Å². The van der Waals surface area contributed by atoms with Crippen molar-refractivity contribution in [1.29, 1.82) is 0 Å². The van der Waals surface area contributed by atoms with Gasteiger partial charge < -0.3 is 18.0 Å². The molecule has 1 aromatic rings. The van der Waals surface area contributed by atoms with Crippen molar-refractivity contribution in [3.05, 3.63) is 48.0 Å². The molecule has 1 aliphatic carbocycles. The fourth-order valence-electron chi connectivity index (χ4n) is 12.6. The summed E-state index contributed by atoms with van der Waals surface area (Å²) in [6.07, 6.45) is 13.6. The van der Waals surface area contributed by atoms with Gasteiger partial charge in [-0.2, -0.15) is 0 Å². The number of carbonyl (C=O) groups is 1. The Hall–Kier alpha value is -1.04. The minimum Gasteiger partial charge on any atom is -0.469 e. The Kier molecular flexibility index (Phi) is 22.7. The third-order valence-corrected chi connectivity index (χ3v) is 33.6. The molecule has 0 aromatic heterocycles. The minimum absolute atomic E-state index is 0.128. The number of carbonyl (C=O) groups excluding carboxylic acids is 1. The fraction of sp³-hybridized carbons (Fsp3) is 0.824. The molecule has 0 bridgehead atoms. The quantitative estimate of drug-likeness (QED) is 0.0381. The van der Waals surface area contributed by atoms with Crippen LogP contribution in [0, 0.1) is 11.8 Å². The Morgan fingerprint density at radius 2 is 1.05 bits per heavy atom. The number of rotatable bonds is 27. The maximum absolute atomic E-state index is 11.9. The number of aryl methyl sites for hydroxylation is 1. The van der Waals surface area contributed by atoms with Crippen LogP contribution in [-0.2, 0) is 29.2 Å². The van der Waals surface area contributed by atoms with E-state index in [4.69, 9.17) is 18.0 Å². The van der Waals surface area contributed by atoms with Crippen LogP contribution in [0.1, 0.15) is 182 Å². The summed E-state index contributed by atoms with van der Waals surface area (Å²) in [5, 5.41) is 0. The molecule has 1 saturated carbocycles. The summed E-state index contributed by atoms with van der Waals surface area (Å²) >= 11 is 0. The molecule has 0 saturated heterocycles. The van der Waals surface area contributed by atoms with Crippen LogP contribution in [0.15, 0.2) is 42.5 Å². The molecule has 8 heteroatoms. The normalized spacial score (nSPS) is 20.4. The Balaban J connectivity index is 2.78. The summed E-state index contributed by atoms with van der Waals surface area (Å²) in [6.45, 7) is 43.8. The lowest BCUT2D eigenvalue weighted by Gasteiger charge is -2.46. The second kappa shape index (κ2) is 24.7. The topological polar surface area (TPSA) is 54.0 Å². The van der Waals surface area contributed by atoms with E-state index >= 15 is 0 Å². The van der Waals surface area contributed by atoms with E-state index in [1.165, 1.54) is 12.7 Å². The summed E-state index contributed by atoms with van der Waals surface area (Å²) in [5.74, 6) is 0.601. The van der Waals surface area contributed by atoms with Crippen LogP contribution in [-0.4, -0.2) is 56.3 Å². The number of hydrogen-bond acceptors (Lipinski definition) is 5. The molecule has 5 nitrogen and oxygen atoms in total. The van der Waals surface area contributed by atoms with Crippen LogP contribution < -0.4 is 0 Å². The highest BCUT2D eigenvalue weighted by atomic mass is 28.4. The molecule has 0 unspecified atom stereocenters. The predicted molar refractivity (Wildman–Crippen MR) is 263 cm³/mol. The average molecular weight is 874 g/mol. The minimum atomic E-state index is -2.21. The highest BCUT2D eigenvalue weighted by Crippen LogP contribution is 2.53. The number of methoxy groups -OCH3 is 1. The Morgan fingerprint density at radius 1 is 0.610 bits per heavy atom. The van der Waals surface area contributed by atoms with E-state index in [0.717, 1.165) is 51.4 Å². The van der Waals surface area contributed by atoms with Crippen molar-refractivity contribution in [2.45, 2.75) is 251 Å². The molecule has 5 atom stereocenters. The lowest BCUT2D eigenvalue weighted by molar-refractivity contribution is -0.140. The van der Waals surface area contributed by atoms with Gasteiger partial charge in [0.25, 0.3) is 0 Å². The Bertz CT molecular complexity index is 1290. The number of unbranched alkanes of at least 4 members (excludes halogenated alkanes) is 1. The van der Waals surface area contributed by atoms with Crippen LogP contribution in [0.2, 0.25) is 49.9 Å². The van der Waals surface area contributed by atoms with Crippen molar-refractivity contribution in [2.24, 2.45) is 11.8 Å². The van der Waals surface area contributed by atoms with Crippen LogP contribution in [0.25, 0.3) is 0 Å². The molecule has 0 heterocycles. The van der Waals surface area contributed by atoms with Crippen LogP contribution in [0.3, 0.4) is 0 Å². The van der Waals surface area contributed by atoms with Crippen molar-refractivity contribution in [2.75, 3.05) is 7.11 Å².